The molecule has 0 aliphatic carbocycles. The monoisotopic (exact) mass is 467 g/mol. The Bertz CT molecular complexity index is 1230. The highest BCUT2D eigenvalue weighted by molar-refractivity contribution is 7.18. The number of thiophene rings is 1. The zero-order chi connectivity index (χ0) is 23.5. The fourth-order valence-corrected chi connectivity index (χ4v) is 5.17. The zero-order valence-corrected chi connectivity index (χ0v) is 18.9. The Balaban J connectivity index is 1.81. The van der Waals surface area contributed by atoms with Crippen LogP contribution in [-0.2, 0) is 0 Å². The number of likely N-dealkylation sites (tertiary alicyclic amines) is 1. The molecule has 1 aromatic heterocycles. The molecule has 3 aromatic rings. The number of halogens is 2. The van der Waals surface area contributed by atoms with E-state index in [2.05, 4.69) is 0 Å². The van der Waals surface area contributed by atoms with Gasteiger partial charge in [-0.15, -0.1) is 11.3 Å². The molecule has 2 aromatic carbocycles. The second-order valence-corrected chi connectivity index (χ2v) is 9.07. The minimum Gasteiger partial charge on any atom is -0.494 e. The van der Waals surface area contributed by atoms with Crippen molar-refractivity contribution in [2.75, 3.05) is 20.2 Å². The van der Waals surface area contributed by atoms with E-state index in [4.69, 9.17) is 15.7 Å². The molecule has 1 saturated heterocycles. The molecule has 170 valence electrons. The van der Waals surface area contributed by atoms with E-state index in [-0.39, 0.29) is 23.3 Å². The first-order valence-corrected chi connectivity index (χ1v) is 11.5. The minimum absolute atomic E-state index is 0.0686. The molecule has 0 unspecified atom stereocenters. The van der Waals surface area contributed by atoms with Crippen LogP contribution in [-0.4, -0.2) is 37.0 Å². The molecule has 1 fully saturated rings. The number of hydrogen-bond donors (Lipinski definition) is 1. The van der Waals surface area contributed by atoms with Crippen molar-refractivity contribution >= 4 is 17.2 Å². The quantitative estimate of drug-likeness (QED) is 0.572. The van der Waals surface area contributed by atoms with Gasteiger partial charge in [0.1, 0.15) is 11.9 Å². The van der Waals surface area contributed by atoms with Crippen LogP contribution in [0.5, 0.6) is 5.75 Å². The summed E-state index contributed by atoms with van der Waals surface area (Å²) < 4.78 is 33.9. The molecule has 0 bridgehead atoms. The Morgan fingerprint density at radius 2 is 1.91 bits per heavy atom. The highest BCUT2D eigenvalue weighted by Crippen LogP contribution is 2.41. The normalized spacial score (nSPS) is 16.2. The maximum Gasteiger partial charge on any atom is 0.264 e. The van der Waals surface area contributed by atoms with Crippen LogP contribution in [0.2, 0.25) is 0 Å². The van der Waals surface area contributed by atoms with Gasteiger partial charge in [-0.25, -0.2) is 8.78 Å². The number of nitrogens with two attached hydrogens (primary N) is 1. The van der Waals surface area contributed by atoms with Crippen molar-refractivity contribution in [1.29, 1.82) is 5.26 Å². The maximum atomic E-state index is 14.5. The molecule has 8 heteroatoms. The number of carbonyl (C=O) groups is 1. The predicted octanol–water partition coefficient (Wildman–Crippen LogP) is 5.19. The average molecular weight is 468 g/mol. The van der Waals surface area contributed by atoms with Gasteiger partial charge in [-0.2, -0.15) is 5.26 Å². The summed E-state index contributed by atoms with van der Waals surface area (Å²) in [6.07, 6.45) is 2.73. The molecule has 4 rings (SSSR count). The van der Waals surface area contributed by atoms with E-state index < -0.39 is 11.6 Å². The van der Waals surface area contributed by atoms with Gasteiger partial charge in [0.25, 0.3) is 5.91 Å². The highest BCUT2D eigenvalue weighted by atomic mass is 32.1. The number of benzene rings is 2. The molecule has 1 aliphatic heterocycles. The van der Waals surface area contributed by atoms with Crippen molar-refractivity contribution < 1.29 is 18.3 Å². The number of nitriles is 1. The number of hydrogen-bond acceptors (Lipinski definition) is 5. The minimum atomic E-state index is -0.653. The summed E-state index contributed by atoms with van der Waals surface area (Å²) in [5, 5.41) is 9.06. The third-order valence-electron chi connectivity index (χ3n) is 5.75. The number of nitrogens with zero attached hydrogens (tertiary/aromatic N) is 2. The second-order valence-electron chi connectivity index (χ2n) is 8.02. The Morgan fingerprint density at radius 1 is 1.15 bits per heavy atom. The van der Waals surface area contributed by atoms with Gasteiger partial charge >= 0.3 is 0 Å². The van der Waals surface area contributed by atoms with Gasteiger partial charge in [0, 0.05) is 29.6 Å². The van der Waals surface area contributed by atoms with E-state index in [0.717, 1.165) is 19.3 Å². The smallest absolute Gasteiger partial charge is 0.264 e. The lowest BCUT2D eigenvalue weighted by molar-refractivity contribution is 0.0760. The molecule has 1 atom stereocenters. The van der Waals surface area contributed by atoms with Gasteiger partial charge in [-0.05, 0) is 60.4 Å². The van der Waals surface area contributed by atoms with Crippen LogP contribution in [0.1, 0.15) is 34.5 Å². The van der Waals surface area contributed by atoms with Crippen LogP contribution in [0.3, 0.4) is 0 Å². The van der Waals surface area contributed by atoms with Crippen LogP contribution >= 0.6 is 11.3 Å². The molecule has 0 radical (unpaired) electrons. The van der Waals surface area contributed by atoms with Crippen molar-refractivity contribution in [2.45, 2.75) is 25.3 Å². The first kappa shape index (κ1) is 22.9. The van der Waals surface area contributed by atoms with Crippen LogP contribution in [0.4, 0.5) is 8.78 Å². The SMILES string of the molecule is COc1ccc(-c2sc(C(=O)N3CCCC[C@H](N)C3)cc2-c2ccc(C#N)c(F)c2)cc1F. The molecule has 1 amide bonds. The summed E-state index contributed by atoms with van der Waals surface area (Å²) >= 11 is 1.23. The van der Waals surface area contributed by atoms with Crippen LogP contribution in [0.15, 0.2) is 42.5 Å². The molecule has 5 nitrogen and oxygen atoms in total. The van der Waals surface area contributed by atoms with Crippen LogP contribution < -0.4 is 10.5 Å². The summed E-state index contributed by atoms with van der Waals surface area (Å²) in [5.74, 6) is -1.23. The summed E-state index contributed by atoms with van der Waals surface area (Å²) in [7, 11) is 1.39. The van der Waals surface area contributed by atoms with Gasteiger partial charge in [0.05, 0.1) is 17.6 Å². The lowest BCUT2D eigenvalue weighted by atomic mass is 10.0. The lowest BCUT2D eigenvalue weighted by Gasteiger charge is -2.21. The van der Waals surface area contributed by atoms with E-state index in [0.29, 0.717) is 39.5 Å². The van der Waals surface area contributed by atoms with Gasteiger partial charge in [0.15, 0.2) is 11.6 Å². The van der Waals surface area contributed by atoms with Crippen molar-refractivity contribution in [1.82, 2.24) is 4.90 Å². The molecule has 0 spiro atoms. The topological polar surface area (TPSA) is 79.3 Å². The van der Waals surface area contributed by atoms with Gasteiger partial charge < -0.3 is 15.4 Å². The maximum absolute atomic E-state index is 14.5. The molecule has 2 N–H and O–H groups in total. The number of ether oxygens (including phenoxy) is 1. The molecular formula is C25H23F2N3O2S. The largest absolute Gasteiger partial charge is 0.494 e. The summed E-state index contributed by atoms with van der Waals surface area (Å²) in [6, 6.07) is 12.3. The van der Waals surface area contributed by atoms with Crippen molar-refractivity contribution in [3.05, 3.63) is 64.5 Å². The Morgan fingerprint density at radius 3 is 2.61 bits per heavy atom. The van der Waals surface area contributed by atoms with Gasteiger partial charge in [0.2, 0.25) is 0 Å². The molecule has 2 heterocycles. The number of methoxy groups -OCH3 is 1. The second kappa shape index (κ2) is 9.69. The summed E-state index contributed by atoms with van der Waals surface area (Å²) in [6.45, 7) is 1.10. The van der Waals surface area contributed by atoms with Crippen molar-refractivity contribution in [3.63, 3.8) is 0 Å². The van der Waals surface area contributed by atoms with E-state index >= 15 is 0 Å². The van der Waals surface area contributed by atoms with E-state index in [9.17, 15) is 13.6 Å². The average Bonchev–Trinajstić information content (AvgIpc) is 3.14. The third-order valence-corrected chi connectivity index (χ3v) is 6.92. The first-order chi connectivity index (χ1) is 15.9. The van der Waals surface area contributed by atoms with E-state index in [1.165, 1.54) is 42.7 Å². The highest BCUT2D eigenvalue weighted by Gasteiger charge is 2.25. The van der Waals surface area contributed by atoms with E-state index in [1.54, 1.807) is 23.1 Å². The van der Waals surface area contributed by atoms with E-state index in [1.807, 2.05) is 6.07 Å². The number of amides is 1. The Kier molecular flexibility index (Phi) is 6.72. The first-order valence-electron chi connectivity index (χ1n) is 10.6. The van der Waals surface area contributed by atoms with Crippen LogP contribution in [0, 0.1) is 23.0 Å². The summed E-state index contributed by atoms with van der Waals surface area (Å²) in [4.78, 5) is 16.2. The number of carbonyl (C=O) groups excluding carboxylic acids is 1. The molecular weight excluding hydrogens is 444 g/mol. The Labute approximate surface area is 195 Å². The van der Waals surface area contributed by atoms with Crippen molar-refractivity contribution in [2.24, 2.45) is 5.73 Å². The number of rotatable bonds is 4. The third kappa shape index (κ3) is 4.75. The fourth-order valence-electron chi connectivity index (χ4n) is 4.02. The lowest BCUT2D eigenvalue weighted by Crippen LogP contribution is -2.39. The Hall–Kier alpha value is -3.28. The van der Waals surface area contributed by atoms with Gasteiger partial charge in [-0.3, -0.25) is 4.79 Å². The molecule has 1 aliphatic rings. The van der Waals surface area contributed by atoms with Gasteiger partial charge in [-0.1, -0.05) is 12.5 Å². The van der Waals surface area contributed by atoms with Crippen molar-refractivity contribution in [3.8, 4) is 33.4 Å². The predicted molar refractivity (Wildman–Crippen MR) is 124 cm³/mol. The zero-order valence-electron chi connectivity index (χ0n) is 18.1. The summed E-state index contributed by atoms with van der Waals surface area (Å²) in [5.41, 5.74) is 7.71. The van der Waals surface area contributed by atoms with Crippen LogP contribution in [0.25, 0.3) is 21.6 Å². The molecule has 0 saturated carbocycles. The standard InChI is InChI=1S/C25H23F2N3O2S/c1-32-22-8-7-16(11-21(22)27)24-19(15-5-6-17(13-28)20(26)10-15)12-23(33-24)25(31)30-9-3-2-4-18(29)14-30/h5-8,10-12,18H,2-4,9,14,29H2,1H3/t18-/m0/s1. The fraction of sp³-hybridized carbons (Fsp3) is 0.280. The molecule has 33 heavy (non-hydrogen) atoms.